The van der Waals surface area contributed by atoms with Crippen molar-refractivity contribution in [3.63, 3.8) is 0 Å². The molecule has 0 radical (unpaired) electrons. The van der Waals surface area contributed by atoms with Gasteiger partial charge in [0.2, 0.25) is 6.79 Å². The lowest BCUT2D eigenvalue weighted by atomic mass is 10.2. The van der Waals surface area contributed by atoms with Crippen molar-refractivity contribution in [2.75, 3.05) is 38.3 Å². The monoisotopic (exact) mass is 321 g/mol. The standard InChI is InChI=1S/C16H23N3O4/c1-11-8-19(9-12(2)23-11)6-5-17-16(20)18-13-3-4-14-15(7-13)22-10-21-14/h3-4,7,11-12H,5-6,8-10H2,1-2H3,(H2,17,18,20). The van der Waals surface area contributed by atoms with Crippen LogP contribution in [0.3, 0.4) is 0 Å². The zero-order valence-electron chi connectivity index (χ0n) is 13.5. The largest absolute Gasteiger partial charge is 0.454 e. The van der Waals surface area contributed by atoms with Crippen molar-refractivity contribution in [2.24, 2.45) is 0 Å². The molecule has 0 saturated carbocycles. The maximum atomic E-state index is 11.9. The van der Waals surface area contributed by atoms with E-state index >= 15 is 0 Å². The lowest BCUT2D eigenvalue weighted by molar-refractivity contribution is -0.0672. The quantitative estimate of drug-likeness (QED) is 0.882. The van der Waals surface area contributed by atoms with Gasteiger partial charge >= 0.3 is 6.03 Å². The molecule has 2 amide bonds. The average Bonchev–Trinajstić information content (AvgIpc) is 2.93. The summed E-state index contributed by atoms with van der Waals surface area (Å²) < 4.78 is 16.2. The van der Waals surface area contributed by atoms with Gasteiger partial charge in [-0.05, 0) is 26.0 Å². The zero-order valence-corrected chi connectivity index (χ0v) is 13.5. The normalized spacial score (nSPS) is 23.6. The van der Waals surface area contributed by atoms with Gasteiger partial charge in [0, 0.05) is 37.9 Å². The summed E-state index contributed by atoms with van der Waals surface area (Å²) in [6, 6.07) is 5.11. The molecule has 2 atom stereocenters. The summed E-state index contributed by atoms with van der Waals surface area (Å²) in [4.78, 5) is 14.3. The van der Waals surface area contributed by atoms with Crippen molar-refractivity contribution in [2.45, 2.75) is 26.1 Å². The van der Waals surface area contributed by atoms with Gasteiger partial charge in [-0.15, -0.1) is 0 Å². The molecular formula is C16H23N3O4. The van der Waals surface area contributed by atoms with Crippen LogP contribution in [0.15, 0.2) is 18.2 Å². The summed E-state index contributed by atoms with van der Waals surface area (Å²) >= 11 is 0. The van der Waals surface area contributed by atoms with Gasteiger partial charge in [0.05, 0.1) is 12.2 Å². The van der Waals surface area contributed by atoms with Crippen molar-refractivity contribution >= 4 is 11.7 Å². The summed E-state index contributed by atoms with van der Waals surface area (Å²) in [7, 11) is 0. The van der Waals surface area contributed by atoms with Crippen LogP contribution >= 0.6 is 0 Å². The number of anilines is 1. The number of amides is 2. The summed E-state index contributed by atoms with van der Waals surface area (Å²) in [5, 5.41) is 5.67. The minimum absolute atomic E-state index is 0.224. The number of benzene rings is 1. The number of fused-ring (bicyclic) bond motifs is 1. The summed E-state index contributed by atoms with van der Waals surface area (Å²) in [6.07, 6.45) is 0.474. The van der Waals surface area contributed by atoms with Gasteiger partial charge in [-0.1, -0.05) is 0 Å². The number of nitrogens with one attached hydrogen (secondary N) is 2. The fraction of sp³-hybridized carbons (Fsp3) is 0.562. The Labute approximate surface area is 135 Å². The van der Waals surface area contributed by atoms with Crippen LogP contribution in [0.4, 0.5) is 10.5 Å². The van der Waals surface area contributed by atoms with Gasteiger partial charge in [-0.3, -0.25) is 4.90 Å². The first-order valence-electron chi connectivity index (χ1n) is 7.92. The van der Waals surface area contributed by atoms with Crippen LogP contribution in [0.5, 0.6) is 11.5 Å². The SMILES string of the molecule is CC1CN(CCNC(=O)Nc2ccc3c(c2)OCO3)CC(C)O1. The highest BCUT2D eigenvalue weighted by Crippen LogP contribution is 2.34. The Morgan fingerprint density at radius 1 is 1.22 bits per heavy atom. The lowest BCUT2D eigenvalue weighted by Gasteiger charge is -2.35. The van der Waals surface area contributed by atoms with Gasteiger partial charge in [-0.2, -0.15) is 0 Å². The number of rotatable bonds is 4. The molecule has 2 heterocycles. The number of morpholine rings is 1. The summed E-state index contributed by atoms with van der Waals surface area (Å²) in [5.41, 5.74) is 0.681. The third kappa shape index (κ3) is 4.27. The maximum Gasteiger partial charge on any atom is 0.319 e. The number of nitrogens with zero attached hydrogens (tertiary/aromatic N) is 1. The Morgan fingerprint density at radius 3 is 2.74 bits per heavy atom. The molecule has 0 aromatic heterocycles. The van der Waals surface area contributed by atoms with Crippen molar-refractivity contribution in [3.8, 4) is 11.5 Å². The van der Waals surface area contributed by atoms with Crippen molar-refractivity contribution in [1.82, 2.24) is 10.2 Å². The van der Waals surface area contributed by atoms with Gasteiger partial charge < -0.3 is 24.8 Å². The smallest absolute Gasteiger partial charge is 0.319 e. The van der Waals surface area contributed by atoms with Crippen LogP contribution in [0.25, 0.3) is 0 Å². The molecule has 2 aliphatic heterocycles. The number of urea groups is 1. The van der Waals surface area contributed by atoms with Crippen molar-refractivity contribution < 1.29 is 19.0 Å². The molecule has 2 unspecified atom stereocenters. The Morgan fingerprint density at radius 2 is 1.96 bits per heavy atom. The first-order chi connectivity index (χ1) is 11.1. The second kappa shape index (κ2) is 7.06. The average molecular weight is 321 g/mol. The molecule has 1 saturated heterocycles. The maximum absolute atomic E-state index is 11.9. The van der Waals surface area contributed by atoms with Crippen LogP contribution in [0, 0.1) is 0 Å². The molecule has 23 heavy (non-hydrogen) atoms. The van der Waals surface area contributed by atoms with Gasteiger partial charge in [0.25, 0.3) is 0 Å². The van der Waals surface area contributed by atoms with E-state index in [0.717, 1.165) is 19.6 Å². The van der Waals surface area contributed by atoms with Crippen LogP contribution in [-0.2, 0) is 4.74 Å². The number of ether oxygens (including phenoxy) is 3. The van der Waals surface area contributed by atoms with E-state index in [4.69, 9.17) is 14.2 Å². The highest BCUT2D eigenvalue weighted by Gasteiger charge is 2.21. The molecule has 1 aromatic rings. The van der Waals surface area contributed by atoms with E-state index in [-0.39, 0.29) is 25.0 Å². The molecule has 0 aliphatic carbocycles. The molecular weight excluding hydrogens is 298 g/mol. The minimum atomic E-state index is -0.224. The Balaban J connectivity index is 1.41. The topological polar surface area (TPSA) is 72.1 Å². The first-order valence-corrected chi connectivity index (χ1v) is 7.92. The predicted octanol–water partition coefficient (Wildman–Crippen LogP) is 1.65. The molecule has 1 aromatic carbocycles. The first kappa shape index (κ1) is 15.9. The Bertz CT molecular complexity index is 556. The Kier molecular flexibility index (Phi) is 4.88. The highest BCUT2D eigenvalue weighted by atomic mass is 16.7. The van der Waals surface area contributed by atoms with Crippen LogP contribution in [0.1, 0.15) is 13.8 Å². The predicted molar refractivity (Wildman–Crippen MR) is 86.0 cm³/mol. The van der Waals surface area contributed by atoms with Crippen LogP contribution in [-0.4, -0.2) is 56.1 Å². The number of carbonyl (C=O) groups is 1. The molecule has 1 fully saturated rings. The lowest BCUT2D eigenvalue weighted by Crippen LogP contribution is -2.48. The molecule has 7 nitrogen and oxygen atoms in total. The van der Waals surface area contributed by atoms with Gasteiger partial charge in [0.15, 0.2) is 11.5 Å². The van der Waals surface area contributed by atoms with Crippen LogP contribution in [0.2, 0.25) is 0 Å². The van der Waals surface area contributed by atoms with Gasteiger partial charge in [-0.25, -0.2) is 4.79 Å². The second-order valence-corrected chi connectivity index (χ2v) is 5.97. The fourth-order valence-corrected chi connectivity index (χ4v) is 2.94. The number of hydrogen-bond donors (Lipinski definition) is 2. The number of carbonyl (C=O) groups excluding carboxylic acids is 1. The molecule has 7 heteroatoms. The van der Waals surface area contributed by atoms with E-state index in [0.29, 0.717) is 23.7 Å². The zero-order chi connectivity index (χ0) is 16.2. The van der Waals surface area contributed by atoms with Crippen LogP contribution < -0.4 is 20.1 Å². The Hall–Kier alpha value is -1.99. The summed E-state index contributed by atoms with van der Waals surface area (Å²) in [6.45, 7) is 7.57. The van der Waals surface area contributed by atoms with E-state index in [1.165, 1.54) is 0 Å². The van der Waals surface area contributed by atoms with E-state index in [9.17, 15) is 4.79 Å². The minimum Gasteiger partial charge on any atom is -0.454 e. The van der Waals surface area contributed by atoms with E-state index in [1.54, 1.807) is 18.2 Å². The summed E-state index contributed by atoms with van der Waals surface area (Å²) in [5.74, 6) is 1.35. The van der Waals surface area contributed by atoms with E-state index in [1.807, 2.05) is 0 Å². The highest BCUT2D eigenvalue weighted by molar-refractivity contribution is 5.89. The van der Waals surface area contributed by atoms with Crippen molar-refractivity contribution in [3.05, 3.63) is 18.2 Å². The molecule has 2 aliphatic rings. The molecule has 0 bridgehead atoms. The molecule has 3 rings (SSSR count). The molecule has 0 spiro atoms. The fourth-order valence-electron chi connectivity index (χ4n) is 2.94. The second-order valence-electron chi connectivity index (χ2n) is 5.97. The third-order valence-electron chi connectivity index (χ3n) is 3.84. The third-order valence-corrected chi connectivity index (χ3v) is 3.84. The van der Waals surface area contributed by atoms with Crippen molar-refractivity contribution in [1.29, 1.82) is 0 Å². The number of hydrogen-bond acceptors (Lipinski definition) is 5. The molecule has 126 valence electrons. The molecule has 2 N–H and O–H groups in total. The van der Waals surface area contributed by atoms with E-state index in [2.05, 4.69) is 29.4 Å². The van der Waals surface area contributed by atoms with Gasteiger partial charge in [0.1, 0.15) is 0 Å². The van der Waals surface area contributed by atoms with E-state index < -0.39 is 0 Å².